The second-order valence-electron chi connectivity index (χ2n) is 8.63. The van der Waals surface area contributed by atoms with Crippen molar-refractivity contribution in [2.24, 2.45) is 0 Å². The third kappa shape index (κ3) is 5.51. The third-order valence-corrected chi connectivity index (χ3v) is 10.2. The third-order valence-electron chi connectivity index (χ3n) is 6.55. The van der Waals surface area contributed by atoms with Gasteiger partial charge in [0, 0.05) is 51.7 Å². The Kier molecular flexibility index (Phi) is 7.21. The number of sulfone groups is 1. The minimum Gasteiger partial charge on any atom is -0.379 e. The Hall–Kier alpha value is -1.53. The fraction of sp³-hybridized carbons (Fsp3) is 0.667. The molecule has 3 fully saturated rings. The highest BCUT2D eigenvalue weighted by molar-refractivity contribution is 7.91. The Morgan fingerprint density at radius 1 is 1.00 bits per heavy atom. The Morgan fingerprint density at radius 3 is 2.25 bits per heavy atom. The van der Waals surface area contributed by atoms with E-state index in [0.29, 0.717) is 71.7 Å². The van der Waals surface area contributed by atoms with Gasteiger partial charge >= 0.3 is 0 Å². The zero-order chi connectivity index (χ0) is 22.8. The van der Waals surface area contributed by atoms with Crippen LogP contribution in [-0.2, 0) is 35.8 Å². The molecule has 11 heteroatoms. The lowest BCUT2D eigenvalue weighted by Gasteiger charge is -2.37. The summed E-state index contributed by atoms with van der Waals surface area (Å²) >= 11 is 0. The van der Waals surface area contributed by atoms with E-state index in [4.69, 9.17) is 4.74 Å². The smallest absolute Gasteiger partial charge is 0.243 e. The summed E-state index contributed by atoms with van der Waals surface area (Å²) in [7, 11) is -6.41. The van der Waals surface area contributed by atoms with Gasteiger partial charge in [-0.2, -0.15) is 4.31 Å². The fourth-order valence-electron chi connectivity index (χ4n) is 4.57. The molecule has 3 saturated heterocycles. The largest absolute Gasteiger partial charge is 0.379 e. The van der Waals surface area contributed by atoms with Crippen LogP contribution in [0.15, 0.2) is 29.2 Å². The van der Waals surface area contributed by atoms with E-state index in [9.17, 15) is 21.6 Å². The van der Waals surface area contributed by atoms with Gasteiger partial charge in [-0.1, -0.05) is 12.1 Å². The molecule has 3 heterocycles. The molecule has 0 bridgehead atoms. The van der Waals surface area contributed by atoms with Gasteiger partial charge in [-0.25, -0.2) is 16.8 Å². The maximum atomic E-state index is 12.7. The maximum Gasteiger partial charge on any atom is 0.243 e. The highest BCUT2D eigenvalue weighted by Gasteiger charge is 2.34. The van der Waals surface area contributed by atoms with Crippen molar-refractivity contribution in [2.45, 2.75) is 30.2 Å². The van der Waals surface area contributed by atoms with E-state index in [2.05, 4.69) is 4.90 Å². The minimum atomic E-state index is -3.51. The van der Waals surface area contributed by atoms with Crippen LogP contribution in [0.5, 0.6) is 0 Å². The number of rotatable bonds is 6. The topological polar surface area (TPSA) is 104 Å². The highest BCUT2D eigenvalue weighted by atomic mass is 32.2. The first-order valence-corrected chi connectivity index (χ1v) is 14.4. The summed E-state index contributed by atoms with van der Waals surface area (Å²) in [6.45, 7) is 4.20. The highest BCUT2D eigenvalue weighted by Crippen LogP contribution is 2.21. The van der Waals surface area contributed by atoms with Gasteiger partial charge in [-0.05, 0) is 30.5 Å². The lowest BCUT2D eigenvalue weighted by molar-refractivity contribution is -0.133. The van der Waals surface area contributed by atoms with Crippen molar-refractivity contribution in [3.05, 3.63) is 29.8 Å². The van der Waals surface area contributed by atoms with E-state index < -0.39 is 19.9 Å². The summed E-state index contributed by atoms with van der Waals surface area (Å²) in [5.41, 5.74) is 0.925. The second-order valence-corrected chi connectivity index (χ2v) is 12.8. The molecular formula is C21H31N3O6S2. The van der Waals surface area contributed by atoms with Crippen LogP contribution in [0.1, 0.15) is 18.4 Å². The van der Waals surface area contributed by atoms with Crippen LogP contribution in [0.2, 0.25) is 0 Å². The van der Waals surface area contributed by atoms with E-state index in [1.807, 2.05) is 4.90 Å². The molecule has 32 heavy (non-hydrogen) atoms. The van der Waals surface area contributed by atoms with Gasteiger partial charge in [-0.15, -0.1) is 0 Å². The molecule has 0 N–H and O–H groups in total. The van der Waals surface area contributed by atoms with Crippen LogP contribution in [0, 0.1) is 0 Å². The predicted molar refractivity (Wildman–Crippen MR) is 120 cm³/mol. The number of nitrogens with zero attached hydrogens (tertiary/aromatic N) is 3. The molecule has 1 atom stereocenters. The summed E-state index contributed by atoms with van der Waals surface area (Å²) in [5.74, 6) is 0.579. The molecule has 1 aromatic carbocycles. The van der Waals surface area contributed by atoms with E-state index in [0.717, 1.165) is 5.56 Å². The summed E-state index contributed by atoms with van der Waals surface area (Å²) in [6, 6.07) is 6.86. The average molecular weight is 486 g/mol. The number of carbonyl (C=O) groups excluding carboxylic acids is 1. The summed E-state index contributed by atoms with van der Waals surface area (Å²) in [4.78, 5) is 16.9. The quantitative estimate of drug-likeness (QED) is 0.557. The molecule has 1 amide bonds. The first kappa shape index (κ1) is 23.6. The van der Waals surface area contributed by atoms with E-state index >= 15 is 0 Å². The molecule has 0 aromatic heterocycles. The molecule has 1 aromatic rings. The van der Waals surface area contributed by atoms with Gasteiger partial charge in [-0.3, -0.25) is 9.69 Å². The van der Waals surface area contributed by atoms with Crippen molar-refractivity contribution in [2.75, 3.05) is 64.0 Å². The number of aryl methyl sites for hydroxylation is 1. The first-order chi connectivity index (χ1) is 15.2. The van der Waals surface area contributed by atoms with Crippen LogP contribution in [-0.4, -0.2) is 107 Å². The van der Waals surface area contributed by atoms with Gasteiger partial charge in [0.1, 0.15) is 0 Å². The number of ether oxygens (including phenoxy) is 1. The fourth-order valence-corrected chi connectivity index (χ4v) is 7.74. The Balaban J connectivity index is 1.25. The van der Waals surface area contributed by atoms with Crippen LogP contribution < -0.4 is 0 Å². The number of benzene rings is 1. The summed E-state index contributed by atoms with van der Waals surface area (Å²) < 4.78 is 55.5. The summed E-state index contributed by atoms with van der Waals surface area (Å²) in [5, 5.41) is 0. The monoisotopic (exact) mass is 485 g/mol. The van der Waals surface area contributed by atoms with E-state index in [1.54, 1.807) is 24.3 Å². The molecule has 0 radical (unpaired) electrons. The van der Waals surface area contributed by atoms with Crippen molar-refractivity contribution in [1.29, 1.82) is 0 Å². The Morgan fingerprint density at radius 2 is 1.66 bits per heavy atom. The van der Waals surface area contributed by atoms with Crippen molar-refractivity contribution in [3.63, 3.8) is 0 Å². The lowest BCUT2D eigenvalue weighted by atomic mass is 10.1. The zero-order valence-corrected chi connectivity index (χ0v) is 19.8. The van der Waals surface area contributed by atoms with Crippen molar-refractivity contribution >= 4 is 25.8 Å². The van der Waals surface area contributed by atoms with Crippen molar-refractivity contribution < 1.29 is 26.4 Å². The Bertz CT molecular complexity index is 1010. The van der Waals surface area contributed by atoms with Gasteiger partial charge in [0.15, 0.2) is 9.84 Å². The molecule has 0 spiro atoms. The number of carbonyl (C=O) groups is 1. The lowest BCUT2D eigenvalue weighted by Crippen LogP contribution is -2.52. The van der Waals surface area contributed by atoms with Crippen LogP contribution in [0.25, 0.3) is 0 Å². The minimum absolute atomic E-state index is 0.0775. The number of hydrogen-bond donors (Lipinski definition) is 0. The number of morpholine rings is 1. The molecule has 4 rings (SSSR count). The Labute approximate surface area is 190 Å². The SMILES string of the molecule is O=C(CCc1ccc(S(=O)(=O)N2CCOCC2)cc1)N1CCN(C2CCS(=O)(=O)C2)CC1. The molecule has 1 unspecified atom stereocenters. The molecule has 3 aliphatic heterocycles. The van der Waals surface area contributed by atoms with Gasteiger partial charge in [0.2, 0.25) is 15.9 Å². The molecule has 9 nitrogen and oxygen atoms in total. The molecule has 0 saturated carbocycles. The van der Waals surface area contributed by atoms with Crippen LogP contribution in [0.3, 0.4) is 0 Å². The average Bonchev–Trinajstić information content (AvgIpc) is 3.18. The normalized spacial score (nSPS) is 25.1. The number of amides is 1. The maximum absolute atomic E-state index is 12.7. The van der Waals surface area contributed by atoms with E-state index in [-0.39, 0.29) is 28.4 Å². The van der Waals surface area contributed by atoms with Gasteiger partial charge in [0.25, 0.3) is 0 Å². The molecule has 3 aliphatic rings. The van der Waals surface area contributed by atoms with Crippen molar-refractivity contribution in [1.82, 2.24) is 14.1 Å². The molecule has 178 valence electrons. The van der Waals surface area contributed by atoms with Crippen LogP contribution >= 0.6 is 0 Å². The second kappa shape index (κ2) is 9.76. The first-order valence-electron chi connectivity index (χ1n) is 11.1. The van der Waals surface area contributed by atoms with E-state index in [1.165, 1.54) is 4.31 Å². The molecular weight excluding hydrogens is 454 g/mol. The standard InChI is InChI=1S/C21H31N3O6S2/c25-21(23-10-8-22(9-11-23)19-7-16-31(26,27)17-19)6-3-18-1-4-20(5-2-18)32(28,29)24-12-14-30-15-13-24/h1-2,4-5,19H,3,6-17H2. The summed E-state index contributed by atoms with van der Waals surface area (Å²) in [6.07, 6.45) is 1.61. The van der Waals surface area contributed by atoms with Gasteiger partial charge in [0.05, 0.1) is 29.6 Å². The van der Waals surface area contributed by atoms with Gasteiger partial charge < -0.3 is 9.64 Å². The molecule has 0 aliphatic carbocycles. The van der Waals surface area contributed by atoms with Crippen molar-refractivity contribution in [3.8, 4) is 0 Å². The zero-order valence-electron chi connectivity index (χ0n) is 18.2. The number of piperazine rings is 1. The predicted octanol–water partition coefficient (Wildman–Crippen LogP) is -0.0286. The van der Waals surface area contributed by atoms with Crippen LogP contribution in [0.4, 0.5) is 0 Å². The number of sulfonamides is 1. The number of hydrogen-bond acceptors (Lipinski definition) is 7.